The number of thiocarbonyl (C=S) groups is 1. The number of ether oxygens (including phenoxy) is 2. The normalized spacial score (nSPS) is 10.5. The molecule has 1 heterocycles. The zero-order valence-electron chi connectivity index (χ0n) is 15.5. The van der Waals surface area contributed by atoms with Crippen LogP contribution in [-0.2, 0) is 6.54 Å². The van der Waals surface area contributed by atoms with E-state index < -0.39 is 0 Å². The van der Waals surface area contributed by atoms with E-state index in [1.54, 1.807) is 37.1 Å². The van der Waals surface area contributed by atoms with Gasteiger partial charge in [0.25, 0.3) is 0 Å². The second kappa shape index (κ2) is 9.67. The van der Waals surface area contributed by atoms with E-state index in [9.17, 15) is 0 Å². The molecule has 0 saturated heterocycles. The number of nitrogens with zero attached hydrogens (tertiary/aromatic N) is 2. The molecule has 0 amide bonds. The standard InChI is InChI=1S/C19H17BrCl2N4O2S/c1-27-12-4-6-17(28-2)16(8-12)23-19(29)24-18-13(20)10-26(25-18)9-11-3-5-14(21)15(22)7-11/h3-8,10H,9H2,1-2H3,(H2,23,24,25,29). The number of hydrogen-bond acceptors (Lipinski definition) is 4. The third-order valence-corrected chi connectivity index (χ3v) is 5.46. The molecule has 0 aliphatic heterocycles. The van der Waals surface area contributed by atoms with Crippen molar-refractivity contribution in [3.8, 4) is 11.5 Å². The summed E-state index contributed by atoms with van der Waals surface area (Å²) in [6.45, 7) is 0.529. The lowest BCUT2D eigenvalue weighted by Crippen LogP contribution is -2.20. The lowest BCUT2D eigenvalue weighted by molar-refractivity contribution is 0.405. The molecule has 0 atom stereocenters. The summed E-state index contributed by atoms with van der Waals surface area (Å²) in [6, 6.07) is 10.9. The third-order valence-electron chi connectivity index (χ3n) is 3.93. The van der Waals surface area contributed by atoms with Crippen molar-refractivity contribution >= 4 is 68.0 Å². The monoisotopic (exact) mass is 514 g/mol. The van der Waals surface area contributed by atoms with Crippen LogP contribution in [-0.4, -0.2) is 29.1 Å². The van der Waals surface area contributed by atoms with E-state index in [0.29, 0.717) is 44.7 Å². The number of benzene rings is 2. The minimum atomic E-state index is 0.358. The highest BCUT2D eigenvalue weighted by Gasteiger charge is 2.12. The van der Waals surface area contributed by atoms with Crippen LogP contribution in [0, 0.1) is 0 Å². The molecule has 0 aliphatic rings. The van der Waals surface area contributed by atoms with Crippen LogP contribution >= 0.6 is 51.3 Å². The summed E-state index contributed by atoms with van der Waals surface area (Å²) >= 11 is 21.0. The fourth-order valence-electron chi connectivity index (χ4n) is 2.56. The van der Waals surface area contributed by atoms with Crippen molar-refractivity contribution in [2.45, 2.75) is 6.54 Å². The summed E-state index contributed by atoms with van der Waals surface area (Å²) in [6.07, 6.45) is 1.85. The average Bonchev–Trinajstić information content (AvgIpc) is 3.03. The summed E-state index contributed by atoms with van der Waals surface area (Å²) in [5.41, 5.74) is 1.65. The van der Waals surface area contributed by atoms with E-state index in [2.05, 4.69) is 31.7 Å². The molecular weight excluding hydrogens is 499 g/mol. The molecule has 0 aliphatic carbocycles. The van der Waals surface area contributed by atoms with Crippen molar-refractivity contribution in [3.63, 3.8) is 0 Å². The Morgan fingerprint density at radius 2 is 1.90 bits per heavy atom. The van der Waals surface area contributed by atoms with Crippen LogP contribution in [0.1, 0.15) is 5.56 Å². The molecule has 10 heteroatoms. The Labute approximate surface area is 192 Å². The van der Waals surface area contributed by atoms with Gasteiger partial charge in [-0.05, 0) is 58.0 Å². The Balaban J connectivity index is 1.70. The second-order valence-corrected chi connectivity index (χ2v) is 7.99. The predicted molar refractivity (Wildman–Crippen MR) is 125 cm³/mol. The molecule has 0 unspecified atom stereocenters. The molecule has 0 saturated carbocycles. The largest absolute Gasteiger partial charge is 0.497 e. The van der Waals surface area contributed by atoms with Crippen LogP contribution in [0.5, 0.6) is 11.5 Å². The van der Waals surface area contributed by atoms with Gasteiger partial charge in [-0.1, -0.05) is 29.3 Å². The number of methoxy groups -OCH3 is 2. The van der Waals surface area contributed by atoms with Crippen LogP contribution in [0.3, 0.4) is 0 Å². The van der Waals surface area contributed by atoms with Crippen molar-refractivity contribution in [2.75, 3.05) is 24.9 Å². The molecule has 3 rings (SSSR count). The van der Waals surface area contributed by atoms with E-state index in [4.69, 9.17) is 44.9 Å². The van der Waals surface area contributed by atoms with Gasteiger partial charge in [-0.25, -0.2) is 0 Å². The maximum atomic E-state index is 6.08. The van der Waals surface area contributed by atoms with Gasteiger partial charge in [-0.15, -0.1) is 0 Å². The summed E-state index contributed by atoms with van der Waals surface area (Å²) in [5, 5.41) is 12.1. The molecule has 152 valence electrons. The van der Waals surface area contributed by atoms with Crippen LogP contribution in [0.15, 0.2) is 47.1 Å². The topological polar surface area (TPSA) is 60.3 Å². The van der Waals surface area contributed by atoms with Gasteiger partial charge in [-0.2, -0.15) is 5.10 Å². The van der Waals surface area contributed by atoms with Crippen LogP contribution in [0.4, 0.5) is 11.5 Å². The highest BCUT2D eigenvalue weighted by Crippen LogP contribution is 2.29. The second-order valence-electron chi connectivity index (χ2n) is 5.92. The Kier molecular flexibility index (Phi) is 7.23. The Morgan fingerprint density at radius 3 is 2.59 bits per heavy atom. The van der Waals surface area contributed by atoms with Gasteiger partial charge in [0.05, 0.1) is 41.0 Å². The zero-order chi connectivity index (χ0) is 21.0. The molecular formula is C19H17BrCl2N4O2S. The summed E-state index contributed by atoms with van der Waals surface area (Å²) in [4.78, 5) is 0. The quantitative estimate of drug-likeness (QED) is 0.403. The molecule has 29 heavy (non-hydrogen) atoms. The van der Waals surface area contributed by atoms with Gasteiger partial charge in [0.15, 0.2) is 10.9 Å². The molecule has 6 nitrogen and oxygen atoms in total. The first kappa shape index (κ1) is 21.7. The molecule has 0 radical (unpaired) electrons. The summed E-state index contributed by atoms with van der Waals surface area (Å²) in [7, 11) is 3.19. The number of rotatable bonds is 6. The maximum absolute atomic E-state index is 6.08. The zero-order valence-corrected chi connectivity index (χ0v) is 19.4. The van der Waals surface area contributed by atoms with Gasteiger partial charge in [0, 0.05) is 12.3 Å². The van der Waals surface area contributed by atoms with E-state index in [-0.39, 0.29) is 0 Å². The molecule has 0 bridgehead atoms. The Bertz CT molecular complexity index is 1050. The van der Waals surface area contributed by atoms with Gasteiger partial charge < -0.3 is 20.1 Å². The molecule has 3 aromatic rings. The number of aromatic nitrogens is 2. The fraction of sp³-hybridized carbons (Fsp3) is 0.158. The smallest absolute Gasteiger partial charge is 0.176 e. The third kappa shape index (κ3) is 5.54. The molecule has 0 fully saturated rings. The maximum Gasteiger partial charge on any atom is 0.176 e. The minimum absolute atomic E-state index is 0.358. The fourth-order valence-corrected chi connectivity index (χ4v) is 3.50. The number of hydrogen-bond donors (Lipinski definition) is 2. The molecule has 1 aromatic heterocycles. The Hall–Kier alpha value is -2.00. The summed E-state index contributed by atoms with van der Waals surface area (Å²) < 4.78 is 13.1. The average molecular weight is 516 g/mol. The number of nitrogens with one attached hydrogen (secondary N) is 2. The number of anilines is 2. The molecule has 2 aromatic carbocycles. The van der Waals surface area contributed by atoms with Crippen molar-refractivity contribution in [1.82, 2.24) is 9.78 Å². The Morgan fingerprint density at radius 1 is 1.10 bits per heavy atom. The van der Waals surface area contributed by atoms with Gasteiger partial charge in [0.2, 0.25) is 0 Å². The van der Waals surface area contributed by atoms with Crippen molar-refractivity contribution in [1.29, 1.82) is 0 Å². The lowest BCUT2D eigenvalue weighted by atomic mass is 10.2. The van der Waals surface area contributed by atoms with Crippen molar-refractivity contribution < 1.29 is 9.47 Å². The first-order chi connectivity index (χ1) is 13.9. The molecule has 0 spiro atoms. The van der Waals surface area contributed by atoms with Gasteiger partial charge >= 0.3 is 0 Å². The minimum Gasteiger partial charge on any atom is -0.497 e. The SMILES string of the molecule is COc1ccc(OC)c(NC(=S)Nc2nn(Cc3ccc(Cl)c(Cl)c3)cc2Br)c1. The predicted octanol–water partition coefficient (Wildman–Crippen LogP) is 5.83. The number of halogens is 3. The highest BCUT2D eigenvalue weighted by atomic mass is 79.9. The summed E-state index contributed by atoms with van der Waals surface area (Å²) in [5.74, 6) is 1.90. The van der Waals surface area contributed by atoms with Crippen molar-refractivity contribution in [2.24, 2.45) is 0 Å². The van der Waals surface area contributed by atoms with E-state index in [1.807, 2.05) is 24.4 Å². The van der Waals surface area contributed by atoms with Gasteiger partial charge in [-0.3, -0.25) is 4.68 Å². The first-order valence-electron chi connectivity index (χ1n) is 8.36. The van der Waals surface area contributed by atoms with E-state index in [0.717, 1.165) is 10.0 Å². The first-order valence-corrected chi connectivity index (χ1v) is 10.3. The van der Waals surface area contributed by atoms with Crippen molar-refractivity contribution in [3.05, 3.63) is 62.7 Å². The van der Waals surface area contributed by atoms with E-state index >= 15 is 0 Å². The van der Waals surface area contributed by atoms with Crippen LogP contribution in [0.2, 0.25) is 10.0 Å². The molecule has 2 N–H and O–H groups in total. The van der Waals surface area contributed by atoms with Gasteiger partial charge in [0.1, 0.15) is 11.5 Å². The lowest BCUT2D eigenvalue weighted by Gasteiger charge is -2.13. The highest BCUT2D eigenvalue weighted by molar-refractivity contribution is 9.10. The van der Waals surface area contributed by atoms with E-state index in [1.165, 1.54) is 0 Å². The van der Waals surface area contributed by atoms with Crippen LogP contribution in [0.25, 0.3) is 0 Å². The van der Waals surface area contributed by atoms with Crippen LogP contribution < -0.4 is 20.1 Å².